The van der Waals surface area contributed by atoms with Crippen LogP contribution >= 0.6 is 0 Å². The number of ketones is 1. The summed E-state index contributed by atoms with van der Waals surface area (Å²) in [5.41, 5.74) is 1.48. The molecule has 0 saturated carbocycles. The Balaban J connectivity index is 1.58. The highest BCUT2D eigenvalue weighted by molar-refractivity contribution is 6.04. The van der Waals surface area contributed by atoms with Crippen LogP contribution in [-0.4, -0.2) is 27.8 Å². The third-order valence-corrected chi connectivity index (χ3v) is 4.46. The van der Waals surface area contributed by atoms with E-state index >= 15 is 0 Å². The zero-order valence-electron chi connectivity index (χ0n) is 17.4. The standard InChI is InChI=1S/C25H22N2O5/c1-2-3-8-22(28)18-10-12-19(13-11-18)32-24-14-9-17(16-26-24)15-23(29)27-21-7-5-4-6-20(21)25(30)31/h3-14,16H,2,15H2,1H3,(H,27,29)(H,30,31). The number of allylic oxidation sites excluding steroid dienone is 2. The number of ether oxygens (including phenoxy) is 1. The summed E-state index contributed by atoms with van der Waals surface area (Å²) < 4.78 is 5.69. The molecule has 1 aromatic heterocycles. The third-order valence-electron chi connectivity index (χ3n) is 4.46. The van der Waals surface area contributed by atoms with Gasteiger partial charge < -0.3 is 15.2 Å². The molecule has 1 heterocycles. The van der Waals surface area contributed by atoms with Crippen LogP contribution < -0.4 is 10.1 Å². The number of carboxylic acid groups (broad SMARTS) is 1. The Morgan fingerprint density at radius 2 is 1.78 bits per heavy atom. The first-order chi connectivity index (χ1) is 15.5. The van der Waals surface area contributed by atoms with Crippen LogP contribution in [0.3, 0.4) is 0 Å². The predicted molar refractivity (Wildman–Crippen MR) is 120 cm³/mol. The van der Waals surface area contributed by atoms with E-state index in [9.17, 15) is 19.5 Å². The van der Waals surface area contributed by atoms with E-state index in [1.54, 1.807) is 54.6 Å². The fraction of sp³-hybridized carbons (Fsp3) is 0.120. The van der Waals surface area contributed by atoms with E-state index in [4.69, 9.17) is 4.74 Å². The topological polar surface area (TPSA) is 106 Å². The van der Waals surface area contributed by atoms with Crippen LogP contribution in [0.4, 0.5) is 5.69 Å². The van der Waals surface area contributed by atoms with Gasteiger partial charge in [0.1, 0.15) is 5.75 Å². The zero-order valence-corrected chi connectivity index (χ0v) is 17.4. The van der Waals surface area contributed by atoms with Crippen molar-refractivity contribution in [1.82, 2.24) is 4.98 Å². The number of amides is 1. The molecule has 0 atom stereocenters. The Morgan fingerprint density at radius 1 is 1.03 bits per heavy atom. The fourth-order valence-corrected chi connectivity index (χ4v) is 2.86. The summed E-state index contributed by atoms with van der Waals surface area (Å²) in [5, 5.41) is 11.8. The Morgan fingerprint density at radius 3 is 2.44 bits per heavy atom. The third kappa shape index (κ3) is 6.12. The van der Waals surface area contributed by atoms with Crippen molar-refractivity contribution in [1.29, 1.82) is 0 Å². The second kappa shape index (κ2) is 10.7. The molecule has 0 spiro atoms. The van der Waals surface area contributed by atoms with Gasteiger partial charge in [-0.15, -0.1) is 0 Å². The van der Waals surface area contributed by atoms with E-state index in [0.717, 1.165) is 6.42 Å². The van der Waals surface area contributed by atoms with Crippen LogP contribution in [0.5, 0.6) is 11.6 Å². The van der Waals surface area contributed by atoms with E-state index in [0.29, 0.717) is 22.8 Å². The van der Waals surface area contributed by atoms with Gasteiger partial charge in [-0.25, -0.2) is 9.78 Å². The van der Waals surface area contributed by atoms with Gasteiger partial charge in [-0.05, 0) is 54.5 Å². The number of hydrogen-bond acceptors (Lipinski definition) is 5. The lowest BCUT2D eigenvalue weighted by Crippen LogP contribution is -2.16. The average Bonchev–Trinajstić information content (AvgIpc) is 2.79. The summed E-state index contributed by atoms with van der Waals surface area (Å²) in [6, 6.07) is 16.3. The SMILES string of the molecule is CCC=CC(=O)c1ccc(Oc2ccc(CC(=O)Nc3ccccc3C(=O)O)cn2)cc1. The number of carbonyl (C=O) groups excluding carboxylic acids is 2. The van der Waals surface area contributed by atoms with Crippen molar-refractivity contribution in [2.24, 2.45) is 0 Å². The average molecular weight is 430 g/mol. The summed E-state index contributed by atoms with van der Waals surface area (Å²) in [6.07, 6.45) is 5.70. The highest BCUT2D eigenvalue weighted by Gasteiger charge is 2.12. The molecule has 0 aliphatic carbocycles. The molecule has 32 heavy (non-hydrogen) atoms. The minimum absolute atomic E-state index is 0.0248. The number of aromatic nitrogens is 1. The molecule has 1 amide bonds. The Labute approximate surface area is 185 Å². The maximum atomic E-state index is 12.3. The van der Waals surface area contributed by atoms with Gasteiger partial charge in [-0.1, -0.05) is 31.2 Å². The Bertz CT molecular complexity index is 1140. The number of anilines is 1. The van der Waals surface area contributed by atoms with Crippen LogP contribution in [0, 0.1) is 0 Å². The number of nitrogens with one attached hydrogen (secondary N) is 1. The summed E-state index contributed by atoms with van der Waals surface area (Å²) >= 11 is 0. The largest absolute Gasteiger partial charge is 0.478 e. The molecule has 0 unspecified atom stereocenters. The first-order valence-corrected chi connectivity index (χ1v) is 10.0. The molecule has 3 aromatic rings. The van der Waals surface area contributed by atoms with Crippen molar-refractivity contribution in [2.75, 3.05) is 5.32 Å². The molecule has 3 rings (SSSR count). The van der Waals surface area contributed by atoms with Crippen LogP contribution in [0.2, 0.25) is 0 Å². The van der Waals surface area contributed by atoms with Gasteiger partial charge in [0.15, 0.2) is 5.78 Å². The molecule has 162 valence electrons. The van der Waals surface area contributed by atoms with Crippen LogP contribution in [0.15, 0.2) is 79.0 Å². The lowest BCUT2D eigenvalue weighted by atomic mass is 10.1. The Kier molecular flexibility index (Phi) is 7.48. The van der Waals surface area contributed by atoms with Crippen LogP contribution in [-0.2, 0) is 11.2 Å². The maximum Gasteiger partial charge on any atom is 0.337 e. The first kappa shape index (κ1) is 22.4. The van der Waals surface area contributed by atoms with Crippen molar-refractivity contribution in [3.8, 4) is 11.6 Å². The maximum absolute atomic E-state index is 12.3. The van der Waals surface area contributed by atoms with E-state index in [-0.39, 0.29) is 29.4 Å². The Hall–Kier alpha value is -4.26. The highest BCUT2D eigenvalue weighted by atomic mass is 16.5. The lowest BCUT2D eigenvalue weighted by Gasteiger charge is -2.09. The molecule has 2 aromatic carbocycles. The lowest BCUT2D eigenvalue weighted by molar-refractivity contribution is -0.115. The summed E-state index contributed by atoms with van der Waals surface area (Å²) in [7, 11) is 0. The van der Waals surface area contributed by atoms with Crippen LogP contribution in [0.25, 0.3) is 0 Å². The minimum atomic E-state index is -1.11. The smallest absolute Gasteiger partial charge is 0.337 e. The van der Waals surface area contributed by atoms with Gasteiger partial charge in [0.25, 0.3) is 0 Å². The van der Waals surface area contributed by atoms with E-state index in [2.05, 4.69) is 10.3 Å². The molecule has 0 saturated heterocycles. The molecule has 0 radical (unpaired) electrons. The quantitative estimate of drug-likeness (QED) is 0.369. The van der Waals surface area contributed by atoms with Gasteiger partial charge in [0.2, 0.25) is 11.8 Å². The number of rotatable bonds is 9. The molecule has 0 aliphatic rings. The number of aromatic carboxylic acids is 1. The number of carboxylic acids is 1. The molecule has 7 heteroatoms. The van der Waals surface area contributed by atoms with Gasteiger partial charge in [-0.2, -0.15) is 0 Å². The van der Waals surface area contributed by atoms with Gasteiger partial charge >= 0.3 is 5.97 Å². The van der Waals surface area contributed by atoms with E-state index in [1.165, 1.54) is 18.3 Å². The number of nitrogens with zero attached hydrogens (tertiary/aromatic N) is 1. The number of hydrogen-bond donors (Lipinski definition) is 2. The van der Waals surface area contributed by atoms with Crippen molar-refractivity contribution < 1.29 is 24.2 Å². The molecular formula is C25H22N2O5. The first-order valence-electron chi connectivity index (χ1n) is 10.0. The fourth-order valence-electron chi connectivity index (χ4n) is 2.86. The monoisotopic (exact) mass is 430 g/mol. The molecular weight excluding hydrogens is 408 g/mol. The highest BCUT2D eigenvalue weighted by Crippen LogP contribution is 2.21. The van der Waals surface area contributed by atoms with E-state index in [1.807, 2.05) is 13.0 Å². The molecule has 7 nitrogen and oxygen atoms in total. The van der Waals surface area contributed by atoms with Crippen molar-refractivity contribution >= 4 is 23.3 Å². The second-order valence-corrected chi connectivity index (χ2v) is 6.88. The molecule has 0 fully saturated rings. The molecule has 0 bridgehead atoms. The summed E-state index contributed by atoms with van der Waals surface area (Å²) in [4.78, 5) is 39.7. The molecule has 0 aliphatic heterocycles. The number of para-hydroxylation sites is 1. The van der Waals surface area contributed by atoms with Crippen molar-refractivity contribution in [2.45, 2.75) is 19.8 Å². The second-order valence-electron chi connectivity index (χ2n) is 6.88. The predicted octanol–water partition coefficient (Wildman–Crippen LogP) is 4.90. The van der Waals surface area contributed by atoms with Crippen LogP contribution in [0.1, 0.15) is 39.6 Å². The summed E-state index contributed by atoms with van der Waals surface area (Å²) in [6.45, 7) is 1.96. The number of carbonyl (C=O) groups is 3. The van der Waals surface area contributed by atoms with Crippen molar-refractivity contribution in [3.63, 3.8) is 0 Å². The van der Waals surface area contributed by atoms with Crippen molar-refractivity contribution in [3.05, 3.63) is 95.7 Å². The minimum Gasteiger partial charge on any atom is -0.478 e. The summed E-state index contributed by atoms with van der Waals surface area (Å²) in [5.74, 6) is -0.657. The molecule has 2 N–H and O–H groups in total. The number of pyridine rings is 1. The van der Waals surface area contributed by atoms with Gasteiger partial charge in [-0.3, -0.25) is 9.59 Å². The van der Waals surface area contributed by atoms with Gasteiger partial charge in [0.05, 0.1) is 17.7 Å². The van der Waals surface area contributed by atoms with Gasteiger partial charge in [0, 0.05) is 17.8 Å². The zero-order chi connectivity index (χ0) is 22.9. The number of benzene rings is 2. The van der Waals surface area contributed by atoms with E-state index < -0.39 is 5.97 Å². The normalized spacial score (nSPS) is 10.7.